The minimum absolute atomic E-state index is 0.0783. The van der Waals surface area contributed by atoms with Crippen molar-refractivity contribution < 1.29 is 13.7 Å². The van der Waals surface area contributed by atoms with Crippen LogP contribution in [0.25, 0.3) is 0 Å². The molecule has 0 saturated heterocycles. The van der Waals surface area contributed by atoms with E-state index in [-0.39, 0.29) is 11.7 Å². The zero-order chi connectivity index (χ0) is 13.7. The molecule has 7 heteroatoms. The molecule has 1 aromatic carbocycles. The van der Waals surface area contributed by atoms with E-state index in [1.54, 1.807) is 11.8 Å². The fraction of sp³-hybridized carbons (Fsp3) is 0.455. The number of nitro groups is 1. The second kappa shape index (κ2) is 6.53. The molecule has 1 rings (SSSR count). The monoisotopic (exact) mass is 276 g/mol. The molecule has 1 N–H and O–H groups in total. The van der Waals surface area contributed by atoms with Gasteiger partial charge in [-0.25, -0.2) is 8.78 Å². The lowest BCUT2D eigenvalue weighted by Gasteiger charge is -2.17. The normalized spacial score (nSPS) is 12.2. The van der Waals surface area contributed by atoms with Crippen molar-refractivity contribution in [2.75, 3.05) is 17.3 Å². The smallest absolute Gasteiger partial charge is 0.275 e. The van der Waals surface area contributed by atoms with Gasteiger partial charge in [0.1, 0.15) is 5.69 Å². The van der Waals surface area contributed by atoms with Crippen molar-refractivity contribution in [3.8, 4) is 0 Å². The van der Waals surface area contributed by atoms with E-state index in [0.717, 1.165) is 12.1 Å². The summed E-state index contributed by atoms with van der Waals surface area (Å²) >= 11 is 1.56. The molecule has 0 aliphatic carbocycles. The Labute approximate surface area is 108 Å². The third kappa shape index (κ3) is 3.56. The predicted octanol–water partition coefficient (Wildman–Crippen LogP) is 3.43. The van der Waals surface area contributed by atoms with Crippen molar-refractivity contribution >= 4 is 23.1 Å². The summed E-state index contributed by atoms with van der Waals surface area (Å²) < 4.78 is 27.2. The fourth-order valence-corrected chi connectivity index (χ4v) is 2.19. The second-order valence-electron chi connectivity index (χ2n) is 3.75. The lowest BCUT2D eigenvalue weighted by molar-refractivity contribution is -0.385. The van der Waals surface area contributed by atoms with Crippen LogP contribution in [0.4, 0.5) is 20.2 Å². The van der Waals surface area contributed by atoms with Crippen molar-refractivity contribution in [2.24, 2.45) is 0 Å². The van der Waals surface area contributed by atoms with Gasteiger partial charge >= 0.3 is 0 Å². The van der Waals surface area contributed by atoms with Gasteiger partial charge in [0.2, 0.25) is 0 Å². The molecule has 0 bridgehead atoms. The van der Waals surface area contributed by atoms with Crippen LogP contribution in [0.1, 0.15) is 13.3 Å². The highest BCUT2D eigenvalue weighted by atomic mass is 32.2. The SMILES string of the molecule is CCC(CSC)Nc1c(F)cc([N+](=O)[O-])cc1F. The predicted molar refractivity (Wildman–Crippen MR) is 69.1 cm³/mol. The van der Waals surface area contributed by atoms with Crippen LogP contribution in [0.2, 0.25) is 0 Å². The lowest BCUT2D eigenvalue weighted by Crippen LogP contribution is -2.22. The van der Waals surface area contributed by atoms with Crippen molar-refractivity contribution in [3.05, 3.63) is 33.9 Å². The number of halogens is 2. The Kier molecular flexibility index (Phi) is 5.33. The number of thioether (sulfide) groups is 1. The maximum absolute atomic E-state index is 13.6. The Hall–Kier alpha value is -1.37. The number of benzene rings is 1. The molecule has 0 fully saturated rings. The molecule has 0 heterocycles. The lowest BCUT2D eigenvalue weighted by atomic mass is 10.2. The summed E-state index contributed by atoms with van der Waals surface area (Å²) in [4.78, 5) is 9.62. The van der Waals surface area contributed by atoms with E-state index in [0.29, 0.717) is 12.2 Å². The molecular formula is C11H14F2N2O2S. The van der Waals surface area contributed by atoms with Crippen molar-refractivity contribution in [1.82, 2.24) is 0 Å². The Bertz CT molecular complexity index is 420. The Balaban J connectivity index is 2.99. The van der Waals surface area contributed by atoms with Gasteiger partial charge in [0.25, 0.3) is 5.69 Å². The van der Waals surface area contributed by atoms with Gasteiger partial charge in [0.05, 0.1) is 17.1 Å². The molecular weight excluding hydrogens is 262 g/mol. The molecule has 4 nitrogen and oxygen atoms in total. The first kappa shape index (κ1) is 14.7. The standard InChI is InChI=1S/C11H14F2N2O2S/c1-3-7(6-18-2)14-11-9(12)4-8(15(16)17)5-10(11)13/h4-5,7,14H,3,6H2,1-2H3. The van der Waals surface area contributed by atoms with E-state index in [9.17, 15) is 18.9 Å². The molecule has 0 radical (unpaired) electrons. The van der Waals surface area contributed by atoms with E-state index in [1.807, 2.05) is 13.2 Å². The van der Waals surface area contributed by atoms with E-state index < -0.39 is 22.2 Å². The molecule has 0 spiro atoms. The molecule has 0 aliphatic heterocycles. The maximum atomic E-state index is 13.6. The number of rotatable bonds is 6. The van der Waals surface area contributed by atoms with Crippen LogP contribution in [-0.2, 0) is 0 Å². The second-order valence-corrected chi connectivity index (χ2v) is 4.66. The Morgan fingerprint density at radius 1 is 1.44 bits per heavy atom. The number of nitro benzene ring substituents is 1. The Morgan fingerprint density at radius 2 is 2.00 bits per heavy atom. The summed E-state index contributed by atoms with van der Waals surface area (Å²) in [6, 6.07) is 1.36. The van der Waals surface area contributed by atoms with Gasteiger partial charge in [0, 0.05) is 11.8 Å². The van der Waals surface area contributed by atoms with Crippen LogP contribution >= 0.6 is 11.8 Å². The molecule has 1 atom stereocenters. The van der Waals surface area contributed by atoms with Crippen LogP contribution < -0.4 is 5.32 Å². The van der Waals surface area contributed by atoms with Crippen molar-refractivity contribution in [2.45, 2.75) is 19.4 Å². The van der Waals surface area contributed by atoms with Gasteiger partial charge in [-0.05, 0) is 12.7 Å². The number of nitrogens with one attached hydrogen (secondary N) is 1. The molecule has 0 aliphatic rings. The molecule has 0 saturated carbocycles. The van der Waals surface area contributed by atoms with Crippen molar-refractivity contribution in [3.63, 3.8) is 0 Å². The highest BCUT2D eigenvalue weighted by molar-refractivity contribution is 7.98. The van der Waals surface area contributed by atoms with Crippen LogP contribution in [0, 0.1) is 21.7 Å². The number of non-ortho nitro benzene ring substituents is 1. The van der Waals surface area contributed by atoms with Gasteiger partial charge in [-0.1, -0.05) is 6.92 Å². The van der Waals surface area contributed by atoms with E-state index >= 15 is 0 Å². The number of anilines is 1. The minimum atomic E-state index is -0.943. The third-order valence-corrected chi connectivity index (χ3v) is 3.18. The first-order chi connectivity index (χ1) is 8.49. The van der Waals surface area contributed by atoms with Gasteiger partial charge < -0.3 is 5.32 Å². The van der Waals surface area contributed by atoms with Gasteiger partial charge in [-0.15, -0.1) is 0 Å². The first-order valence-electron chi connectivity index (χ1n) is 5.38. The summed E-state index contributed by atoms with van der Waals surface area (Å²) in [7, 11) is 0. The summed E-state index contributed by atoms with van der Waals surface area (Å²) in [6.45, 7) is 1.90. The highest BCUT2D eigenvalue weighted by Crippen LogP contribution is 2.26. The minimum Gasteiger partial charge on any atom is -0.377 e. The van der Waals surface area contributed by atoms with Crippen LogP contribution in [-0.4, -0.2) is 23.0 Å². The number of hydrogen-bond acceptors (Lipinski definition) is 4. The van der Waals surface area contributed by atoms with E-state index in [4.69, 9.17) is 0 Å². The average Bonchev–Trinajstić information content (AvgIpc) is 2.31. The van der Waals surface area contributed by atoms with Gasteiger partial charge in [0.15, 0.2) is 11.6 Å². The molecule has 1 unspecified atom stereocenters. The van der Waals surface area contributed by atoms with Gasteiger partial charge in [-0.2, -0.15) is 11.8 Å². The average molecular weight is 276 g/mol. The third-order valence-electron chi connectivity index (χ3n) is 2.45. The number of nitrogens with zero attached hydrogens (tertiary/aromatic N) is 1. The summed E-state index contributed by atoms with van der Waals surface area (Å²) in [5, 5.41) is 13.2. The zero-order valence-electron chi connectivity index (χ0n) is 10.1. The van der Waals surface area contributed by atoms with Crippen LogP contribution in [0.15, 0.2) is 12.1 Å². The van der Waals surface area contributed by atoms with Crippen LogP contribution in [0.3, 0.4) is 0 Å². The van der Waals surface area contributed by atoms with E-state index in [1.165, 1.54) is 0 Å². The molecule has 0 aromatic heterocycles. The van der Waals surface area contributed by atoms with Gasteiger partial charge in [-0.3, -0.25) is 10.1 Å². The fourth-order valence-electron chi connectivity index (χ4n) is 1.47. The largest absolute Gasteiger partial charge is 0.377 e. The molecule has 18 heavy (non-hydrogen) atoms. The Morgan fingerprint density at radius 3 is 2.39 bits per heavy atom. The highest BCUT2D eigenvalue weighted by Gasteiger charge is 2.18. The summed E-state index contributed by atoms with van der Waals surface area (Å²) in [5.41, 5.74) is -0.894. The zero-order valence-corrected chi connectivity index (χ0v) is 10.9. The number of hydrogen-bond donors (Lipinski definition) is 1. The molecule has 100 valence electrons. The van der Waals surface area contributed by atoms with E-state index in [2.05, 4.69) is 5.32 Å². The first-order valence-corrected chi connectivity index (χ1v) is 6.77. The maximum Gasteiger partial charge on any atom is 0.275 e. The molecule has 1 aromatic rings. The molecule has 0 amide bonds. The summed E-state index contributed by atoms with van der Waals surface area (Å²) in [5.74, 6) is -1.19. The topological polar surface area (TPSA) is 55.2 Å². The van der Waals surface area contributed by atoms with Crippen LogP contribution in [0.5, 0.6) is 0 Å². The summed E-state index contributed by atoms with van der Waals surface area (Å²) in [6.07, 6.45) is 2.60. The quantitative estimate of drug-likeness (QED) is 0.639. The van der Waals surface area contributed by atoms with Crippen molar-refractivity contribution in [1.29, 1.82) is 0 Å².